The summed E-state index contributed by atoms with van der Waals surface area (Å²) in [5.41, 5.74) is 2.11. The maximum absolute atomic E-state index is 11.8. The van der Waals surface area contributed by atoms with Crippen LogP contribution in [0.3, 0.4) is 0 Å². The highest BCUT2D eigenvalue weighted by Gasteiger charge is 2.13. The predicted molar refractivity (Wildman–Crippen MR) is 88.9 cm³/mol. The van der Waals surface area contributed by atoms with Gasteiger partial charge in [-0.1, -0.05) is 6.07 Å². The Morgan fingerprint density at radius 2 is 1.96 bits per heavy atom. The first-order valence-corrected chi connectivity index (χ1v) is 7.65. The molecule has 2 aromatic heterocycles. The molecule has 0 radical (unpaired) electrons. The van der Waals surface area contributed by atoms with Crippen molar-refractivity contribution in [1.29, 1.82) is 0 Å². The highest BCUT2D eigenvalue weighted by molar-refractivity contribution is 5.72. The van der Waals surface area contributed by atoms with Crippen molar-refractivity contribution in [3.8, 4) is 11.5 Å². The lowest BCUT2D eigenvalue weighted by Crippen LogP contribution is -2.08. The lowest BCUT2D eigenvalue weighted by Gasteiger charge is -2.02. The minimum absolute atomic E-state index is 0.0342. The summed E-state index contributed by atoms with van der Waals surface area (Å²) in [5, 5.41) is 18.3. The van der Waals surface area contributed by atoms with E-state index in [9.17, 15) is 14.9 Å². The van der Waals surface area contributed by atoms with Crippen molar-refractivity contribution in [2.24, 2.45) is 0 Å². The molecule has 0 spiro atoms. The molecule has 0 N–H and O–H groups in total. The largest absolute Gasteiger partial charge is 0.455 e. The molecule has 1 aromatic carbocycles. The van der Waals surface area contributed by atoms with Crippen LogP contribution < -0.4 is 0 Å². The van der Waals surface area contributed by atoms with E-state index in [1.807, 2.05) is 19.1 Å². The van der Waals surface area contributed by atoms with Gasteiger partial charge in [-0.25, -0.2) is 0 Å². The van der Waals surface area contributed by atoms with Crippen LogP contribution in [0.5, 0.6) is 0 Å². The average Bonchev–Trinajstić information content (AvgIpc) is 3.11. The SMILES string of the molecule is Cc1ccc(CC(=O)OCc2nnc(-c3ccc([N+](=O)[O-])cc3)o2)cn1. The molecule has 0 bridgehead atoms. The fraction of sp³-hybridized carbons (Fsp3) is 0.176. The van der Waals surface area contributed by atoms with Gasteiger partial charge in [0, 0.05) is 29.6 Å². The molecule has 2 heterocycles. The first-order valence-electron chi connectivity index (χ1n) is 7.65. The number of carbonyl (C=O) groups excluding carboxylic acids is 1. The number of ether oxygens (including phenoxy) is 1. The average molecular weight is 354 g/mol. The van der Waals surface area contributed by atoms with Gasteiger partial charge in [0.15, 0.2) is 6.61 Å². The molecule has 0 amide bonds. The number of pyridine rings is 1. The highest BCUT2D eigenvalue weighted by Crippen LogP contribution is 2.21. The van der Waals surface area contributed by atoms with Gasteiger partial charge < -0.3 is 9.15 Å². The number of non-ortho nitro benzene ring substituents is 1. The van der Waals surface area contributed by atoms with Gasteiger partial charge >= 0.3 is 5.97 Å². The standard InChI is InChI=1S/C17H14N4O5/c1-11-2-3-12(9-18-11)8-16(22)25-10-15-19-20-17(26-15)13-4-6-14(7-5-13)21(23)24/h2-7,9H,8,10H2,1H3. The number of hydrogen-bond donors (Lipinski definition) is 0. The summed E-state index contributed by atoms with van der Waals surface area (Å²) in [6.07, 6.45) is 1.71. The van der Waals surface area contributed by atoms with Crippen molar-refractivity contribution in [3.63, 3.8) is 0 Å². The number of benzene rings is 1. The van der Waals surface area contributed by atoms with Gasteiger partial charge in [0.25, 0.3) is 11.6 Å². The van der Waals surface area contributed by atoms with E-state index in [0.717, 1.165) is 11.3 Å². The van der Waals surface area contributed by atoms with Crippen LogP contribution in [0.4, 0.5) is 5.69 Å². The van der Waals surface area contributed by atoms with Crippen LogP contribution in [-0.4, -0.2) is 26.1 Å². The summed E-state index contributed by atoms with van der Waals surface area (Å²) in [7, 11) is 0. The molecule has 0 aliphatic carbocycles. The lowest BCUT2D eigenvalue weighted by molar-refractivity contribution is -0.384. The zero-order chi connectivity index (χ0) is 18.5. The lowest BCUT2D eigenvalue weighted by atomic mass is 10.2. The number of hydrogen-bond acceptors (Lipinski definition) is 8. The van der Waals surface area contributed by atoms with Crippen molar-refractivity contribution in [2.75, 3.05) is 0 Å². The molecule has 0 fully saturated rings. The Hall–Kier alpha value is -3.62. The van der Waals surface area contributed by atoms with Crippen LogP contribution in [0, 0.1) is 17.0 Å². The number of aryl methyl sites for hydroxylation is 1. The molecule has 132 valence electrons. The summed E-state index contributed by atoms with van der Waals surface area (Å²) in [5.74, 6) is -0.117. The normalized spacial score (nSPS) is 10.5. The third kappa shape index (κ3) is 4.26. The topological polar surface area (TPSA) is 121 Å². The summed E-state index contributed by atoms with van der Waals surface area (Å²) < 4.78 is 10.5. The molecule has 3 aromatic rings. The first-order chi connectivity index (χ1) is 12.5. The highest BCUT2D eigenvalue weighted by atomic mass is 16.6. The van der Waals surface area contributed by atoms with Gasteiger partial charge in [0.05, 0.1) is 11.3 Å². The fourth-order valence-corrected chi connectivity index (χ4v) is 2.12. The molecule has 0 saturated carbocycles. The van der Waals surface area contributed by atoms with Crippen molar-refractivity contribution < 1.29 is 18.9 Å². The van der Waals surface area contributed by atoms with Crippen molar-refractivity contribution in [1.82, 2.24) is 15.2 Å². The van der Waals surface area contributed by atoms with Gasteiger partial charge in [0.1, 0.15) is 0 Å². The molecule has 9 heteroatoms. The Balaban J connectivity index is 1.57. The third-order valence-corrected chi connectivity index (χ3v) is 3.47. The summed E-state index contributed by atoms with van der Waals surface area (Å²) >= 11 is 0. The van der Waals surface area contributed by atoms with Crippen LogP contribution >= 0.6 is 0 Å². The van der Waals surface area contributed by atoms with Gasteiger partial charge in [-0.15, -0.1) is 10.2 Å². The van der Waals surface area contributed by atoms with Crippen molar-refractivity contribution in [2.45, 2.75) is 20.0 Å². The predicted octanol–water partition coefficient (Wildman–Crippen LogP) is 2.63. The van der Waals surface area contributed by atoms with E-state index in [1.54, 1.807) is 6.20 Å². The molecular formula is C17H14N4O5. The van der Waals surface area contributed by atoms with Gasteiger partial charge in [-0.3, -0.25) is 19.9 Å². The zero-order valence-corrected chi connectivity index (χ0v) is 13.8. The number of rotatable bonds is 6. The van der Waals surface area contributed by atoms with Crippen LogP contribution in [0.1, 0.15) is 17.1 Å². The monoisotopic (exact) mass is 354 g/mol. The molecule has 0 aliphatic heterocycles. The summed E-state index contributed by atoms with van der Waals surface area (Å²) in [6, 6.07) is 9.32. The molecule has 0 aliphatic rings. The van der Waals surface area contributed by atoms with Crippen LogP contribution in [-0.2, 0) is 22.6 Å². The second-order valence-corrected chi connectivity index (χ2v) is 5.45. The van der Waals surface area contributed by atoms with Gasteiger partial charge in [-0.05, 0) is 30.7 Å². The smallest absolute Gasteiger partial charge is 0.310 e. The molecular weight excluding hydrogens is 340 g/mol. The Bertz CT molecular complexity index is 919. The van der Waals surface area contributed by atoms with E-state index in [4.69, 9.17) is 9.15 Å². The van der Waals surface area contributed by atoms with E-state index in [1.165, 1.54) is 24.3 Å². The van der Waals surface area contributed by atoms with E-state index in [-0.39, 0.29) is 30.5 Å². The number of nitro groups is 1. The summed E-state index contributed by atoms with van der Waals surface area (Å²) in [4.78, 5) is 26.1. The van der Waals surface area contributed by atoms with Crippen LogP contribution in [0.2, 0.25) is 0 Å². The number of carbonyl (C=O) groups is 1. The number of aromatic nitrogens is 3. The molecule has 0 atom stereocenters. The number of nitrogens with zero attached hydrogens (tertiary/aromatic N) is 4. The minimum atomic E-state index is -0.494. The fourth-order valence-electron chi connectivity index (χ4n) is 2.12. The maximum Gasteiger partial charge on any atom is 0.310 e. The molecule has 3 rings (SSSR count). The molecule has 0 saturated heterocycles. The van der Waals surface area contributed by atoms with Crippen molar-refractivity contribution >= 4 is 11.7 Å². The Morgan fingerprint density at radius 1 is 1.19 bits per heavy atom. The quantitative estimate of drug-likeness (QED) is 0.376. The second-order valence-electron chi connectivity index (χ2n) is 5.45. The van der Waals surface area contributed by atoms with E-state index < -0.39 is 10.9 Å². The van der Waals surface area contributed by atoms with Crippen LogP contribution in [0.25, 0.3) is 11.5 Å². The third-order valence-electron chi connectivity index (χ3n) is 3.47. The zero-order valence-electron chi connectivity index (χ0n) is 13.8. The number of esters is 1. The number of nitro benzene ring substituents is 1. The van der Waals surface area contributed by atoms with E-state index >= 15 is 0 Å². The Kier molecular flexibility index (Phi) is 4.97. The van der Waals surface area contributed by atoms with E-state index in [2.05, 4.69) is 15.2 Å². The van der Waals surface area contributed by atoms with Gasteiger partial charge in [0.2, 0.25) is 5.89 Å². The summed E-state index contributed by atoms with van der Waals surface area (Å²) in [6.45, 7) is 1.71. The minimum Gasteiger partial charge on any atom is -0.455 e. The van der Waals surface area contributed by atoms with Crippen molar-refractivity contribution in [3.05, 3.63) is 69.9 Å². The Labute approximate surface area is 147 Å². The molecule has 0 unspecified atom stereocenters. The molecule has 26 heavy (non-hydrogen) atoms. The Morgan fingerprint density at radius 3 is 2.62 bits per heavy atom. The second kappa shape index (κ2) is 7.51. The van der Waals surface area contributed by atoms with E-state index in [0.29, 0.717) is 5.56 Å². The van der Waals surface area contributed by atoms with Crippen LogP contribution in [0.15, 0.2) is 47.0 Å². The first kappa shape index (κ1) is 17.2. The van der Waals surface area contributed by atoms with Gasteiger partial charge in [-0.2, -0.15) is 0 Å². The maximum atomic E-state index is 11.8. The molecule has 9 nitrogen and oxygen atoms in total.